The highest BCUT2D eigenvalue weighted by Crippen LogP contribution is 2.62. The molecule has 4 fully saturated rings. The summed E-state index contributed by atoms with van der Waals surface area (Å²) >= 11 is 1.16. The van der Waals surface area contributed by atoms with Gasteiger partial charge in [0.15, 0.2) is 0 Å². The van der Waals surface area contributed by atoms with Gasteiger partial charge in [-0.15, -0.1) is 0 Å². The van der Waals surface area contributed by atoms with Crippen LogP contribution in [0.15, 0.2) is 41.3 Å². The van der Waals surface area contributed by atoms with E-state index in [9.17, 15) is 9.59 Å². The van der Waals surface area contributed by atoms with E-state index >= 15 is 0 Å². The molecule has 4 aliphatic rings. The van der Waals surface area contributed by atoms with Gasteiger partial charge in [-0.2, -0.15) is 0 Å². The molecule has 0 atom stereocenters. The quantitative estimate of drug-likeness (QED) is 0.574. The van der Waals surface area contributed by atoms with Gasteiger partial charge in [0.25, 0.3) is 0 Å². The van der Waals surface area contributed by atoms with Crippen LogP contribution in [-0.2, 0) is 5.41 Å². The van der Waals surface area contributed by atoms with Crippen molar-refractivity contribution in [2.75, 3.05) is 7.11 Å². The molecular weight excluding hydrogens is 408 g/mol. The Morgan fingerprint density at radius 1 is 1.00 bits per heavy atom. The fourth-order valence-electron chi connectivity index (χ4n) is 6.75. The van der Waals surface area contributed by atoms with Crippen LogP contribution in [0.25, 0.3) is 0 Å². The number of hydrogen-bond acceptors (Lipinski definition) is 4. The molecule has 0 heterocycles. The molecule has 0 radical (unpaired) electrons. The summed E-state index contributed by atoms with van der Waals surface area (Å²) in [6.07, 6.45) is 7.78. The normalized spacial score (nSPS) is 28.5. The van der Waals surface area contributed by atoms with Gasteiger partial charge in [-0.3, -0.25) is 4.79 Å². The molecule has 0 aliphatic heterocycles. The third-order valence-corrected chi connectivity index (χ3v) is 8.60. The minimum atomic E-state index is -0.964. The summed E-state index contributed by atoms with van der Waals surface area (Å²) in [6, 6.07) is 10.6. The highest BCUT2D eigenvalue weighted by Gasteiger charge is 2.52. The van der Waals surface area contributed by atoms with E-state index in [0.29, 0.717) is 0 Å². The summed E-state index contributed by atoms with van der Waals surface area (Å²) < 4.78 is 5.83. The number of methoxy groups -OCH3 is 1. The van der Waals surface area contributed by atoms with Crippen molar-refractivity contribution in [3.63, 3.8) is 0 Å². The van der Waals surface area contributed by atoms with Crippen molar-refractivity contribution < 1.29 is 19.4 Å². The Hall–Kier alpha value is -2.27. The standard InChI is InChI=1S/C26H28O4S/c1-15-7-23(30-2)22(26-12-16-8-17(13-26)10-18(9-16)14-26)11-21(15)25(29)31-20-5-3-19(4-6-20)24(27)28/h3-7,11,16-18H,8-10,12-14H2,1-2H3,(H,27,28). The topological polar surface area (TPSA) is 63.6 Å². The largest absolute Gasteiger partial charge is 0.496 e. The van der Waals surface area contributed by atoms with Gasteiger partial charge in [0.05, 0.1) is 12.7 Å². The summed E-state index contributed by atoms with van der Waals surface area (Å²) in [7, 11) is 1.74. The summed E-state index contributed by atoms with van der Waals surface area (Å²) in [5, 5.41) is 9.08. The van der Waals surface area contributed by atoms with E-state index in [0.717, 1.165) is 51.3 Å². The molecule has 2 aromatic rings. The number of rotatable bonds is 5. The van der Waals surface area contributed by atoms with Crippen molar-refractivity contribution in [3.8, 4) is 5.75 Å². The molecule has 5 heteroatoms. The number of carboxylic acid groups (broad SMARTS) is 1. The van der Waals surface area contributed by atoms with Gasteiger partial charge >= 0.3 is 5.97 Å². The predicted octanol–water partition coefficient (Wildman–Crippen LogP) is 6.10. The summed E-state index contributed by atoms with van der Waals surface area (Å²) in [4.78, 5) is 25.1. The Kier molecular flexibility index (Phi) is 5.12. The van der Waals surface area contributed by atoms with E-state index in [4.69, 9.17) is 9.84 Å². The van der Waals surface area contributed by atoms with Crippen molar-refractivity contribution in [2.45, 2.75) is 55.8 Å². The molecule has 1 N–H and O–H groups in total. The molecule has 2 aromatic carbocycles. The molecule has 0 amide bonds. The number of benzene rings is 2. The molecular formula is C26H28O4S. The SMILES string of the molecule is COc1cc(C)c(C(=O)Sc2ccc(C(=O)O)cc2)cc1C12CC3CC(CC(C3)C1)C2. The van der Waals surface area contributed by atoms with Crippen LogP contribution in [0.4, 0.5) is 0 Å². The van der Waals surface area contributed by atoms with Gasteiger partial charge < -0.3 is 9.84 Å². The lowest BCUT2D eigenvalue weighted by molar-refractivity contribution is -0.00617. The average Bonchev–Trinajstić information content (AvgIpc) is 2.72. The zero-order chi connectivity index (χ0) is 21.8. The van der Waals surface area contributed by atoms with Crippen LogP contribution in [0.2, 0.25) is 0 Å². The van der Waals surface area contributed by atoms with Crippen LogP contribution in [0.3, 0.4) is 0 Å². The van der Waals surface area contributed by atoms with E-state index in [1.54, 1.807) is 31.4 Å². The van der Waals surface area contributed by atoms with Crippen LogP contribution >= 0.6 is 11.8 Å². The predicted molar refractivity (Wildman–Crippen MR) is 121 cm³/mol. The smallest absolute Gasteiger partial charge is 0.335 e. The Bertz CT molecular complexity index is 1000. The fourth-order valence-corrected chi connectivity index (χ4v) is 7.57. The van der Waals surface area contributed by atoms with Crippen molar-refractivity contribution >= 4 is 22.8 Å². The van der Waals surface area contributed by atoms with Crippen molar-refractivity contribution in [2.24, 2.45) is 17.8 Å². The van der Waals surface area contributed by atoms with E-state index in [2.05, 4.69) is 6.07 Å². The van der Waals surface area contributed by atoms with Gasteiger partial charge in [0, 0.05) is 16.0 Å². The fraction of sp³-hybridized carbons (Fsp3) is 0.462. The first-order valence-electron chi connectivity index (χ1n) is 11.1. The second-order valence-electron chi connectivity index (χ2n) is 9.78. The van der Waals surface area contributed by atoms with Crippen molar-refractivity contribution in [1.82, 2.24) is 0 Å². The number of aryl methyl sites for hydroxylation is 1. The van der Waals surface area contributed by atoms with Gasteiger partial charge in [0.2, 0.25) is 5.12 Å². The molecule has 0 saturated heterocycles. The molecule has 4 nitrogen and oxygen atoms in total. The number of carbonyl (C=O) groups excluding carboxylic acids is 1. The minimum Gasteiger partial charge on any atom is -0.496 e. The molecule has 6 rings (SSSR count). The van der Waals surface area contributed by atoms with E-state index < -0.39 is 5.97 Å². The number of ether oxygens (including phenoxy) is 1. The molecule has 0 unspecified atom stereocenters. The second kappa shape index (κ2) is 7.70. The van der Waals surface area contributed by atoms with Crippen molar-refractivity contribution in [1.29, 1.82) is 0 Å². The molecule has 4 aliphatic carbocycles. The van der Waals surface area contributed by atoms with Crippen molar-refractivity contribution in [3.05, 3.63) is 58.7 Å². The third-order valence-electron chi connectivity index (χ3n) is 7.69. The summed E-state index contributed by atoms with van der Waals surface area (Å²) in [5.41, 5.74) is 3.26. The van der Waals surface area contributed by atoms with E-state index in [-0.39, 0.29) is 16.1 Å². The van der Waals surface area contributed by atoms with Crippen LogP contribution in [0.1, 0.15) is 70.4 Å². The second-order valence-corrected chi connectivity index (χ2v) is 10.8. The molecule has 4 bridgehead atoms. The maximum atomic E-state index is 13.2. The Labute approximate surface area is 187 Å². The van der Waals surface area contributed by atoms with E-state index in [1.807, 2.05) is 13.0 Å². The van der Waals surface area contributed by atoms with Gasteiger partial charge in [-0.25, -0.2) is 4.79 Å². The Morgan fingerprint density at radius 3 is 2.10 bits per heavy atom. The third kappa shape index (κ3) is 3.67. The highest BCUT2D eigenvalue weighted by atomic mass is 32.2. The highest BCUT2D eigenvalue weighted by molar-refractivity contribution is 8.14. The molecule has 31 heavy (non-hydrogen) atoms. The number of thioether (sulfide) groups is 1. The Balaban J connectivity index is 1.47. The maximum absolute atomic E-state index is 13.2. The summed E-state index contributed by atoms with van der Waals surface area (Å²) in [5.74, 6) is 2.41. The molecule has 162 valence electrons. The first-order chi connectivity index (χ1) is 14.9. The zero-order valence-electron chi connectivity index (χ0n) is 18.0. The van der Waals surface area contributed by atoms with Crippen LogP contribution in [0, 0.1) is 24.7 Å². The summed E-state index contributed by atoms with van der Waals surface area (Å²) in [6.45, 7) is 1.97. The first-order valence-corrected chi connectivity index (χ1v) is 11.9. The number of hydrogen-bond donors (Lipinski definition) is 1. The zero-order valence-corrected chi connectivity index (χ0v) is 18.8. The molecule has 0 spiro atoms. The lowest BCUT2D eigenvalue weighted by Gasteiger charge is -2.57. The monoisotopic (exact) mass is 436 g/mol. The first kappa shape index (κ1) is 20.6. The van der Waals surface area contributed by atoms with Crippen LogP contribution < -0.4 is 4.74 Å². The van der Waals surface area contributed by atoms with Gasteiger partial charge in [0.1, 0.15) is 5.75 Å². The van der Waals surface area contributed by atoms with Crippen LogP contribution in [0.5, 0.6) is 5.75 Å². The van der Waals surface area contributed by atoms with Gasteiger partial charge in [-0.05, 0) is 122 Å². The average molecular weight is 437 g/mol. The van der Waals surface area contributed by atoms with E-state index in [1.165, 1.54) is 44.1 Å². The number of carbonyl (C=O) groups is 2. The van der Waals surface area contributed by atoms with Crippen LogP contribution in [-0.4, -0.2) is 23.3 Å². The maximum Gasteiger partial charge on any atom is 0.335 e. The van der Waals surface area contributed by atoms with Gasteiger partial charge in [-0.1, -0.05) is 0 Å². The molecule has 4 saturated carbocycles. The number of aromatic carboxylic acids is 1. The lowest BCUT2D eigenvalue weighted by atomic mass is 9.48. The minimum absolute atomic E-state index is 0.00536. The lowest BCUT2D eigenvalue weighted by Crippen LogP contribution is -2.48. The number of carboxylic acids is 1. The molecule has 0 aromatic heterocycles. The Morgan fingerprint density at radius 2 is 1.58 bits per heavy atom.